The van der Waals surface area contributed by atoms with Crippen molar-refractivity contribution in [3.63, 3.8) is 0 Å². The monoisotopic (exact) mass is 237 g/mol. The second-order valence-electron chi connectivity index (χ2n) is 3.87. The summed E-state index contributed by atoms with van der Waals surface area (Å²) >= 11 is 0. The van der Waals surface area contributed by atoms with Crippen molar-refractivity contribution < 1.29 is 14.8 Å². The zero-order chi connectivity index (χ0) is 12.8. The summed E-state index contributed by atoms with van der Waals surface area (Å²) in [5.41, 5.74) is 0.657. The molecule has 92 valence electrons. The summed E-state index contributed by atoms with van der Waals surface area (Å²) in [7, 11) is 0. The smallest absolute Gasteiger partial charge is 0.306 e. The van der Waals surface area contributed by atoms with Gasteiger partial charge in [0, 0.05) is 11.6 Å². The van der Waals surface area contributed by atoms with Gasteiger partial charge in [0.1, 0.15) is 0 Å². The molecule has 1 unspecified atom stereocenters. The van der Waals surface area contributed by atoms with Gasteiger partial charge < -0.3 is 5.11 Å². The van der Waals surface area contributed by atoms with Gasteiger partial charge >= 0.3 is 5.97 Å². The summed E-state index contributed by atoms with van der Waals surface area (Å²) < 4.78 is 0. The second-order valence-corrected chi connectivity index (χ2v) is 3.87. The molecule has 0 aromatic heterocycles. The van der Waals surface area contributed by atoms with E-state index in [9.17, 15) is 14.9 Å². The van der Waals surface area contributed by atoms with Crippen LogP contribution in [0, 0.1) is 16.0 Å². The molecule has 0 aliphatic carbocycles. The summed E-state index contributed by atoms with van der Waals surface area (Å²) in [6.07, 6.45) is 1.38. The average Bonchev–Trinajstić information content (AvgIpc) is 2.29. The maximum absolute atomic E-state index is 10.8. The van der Waals surface area contributed by atoms with Crippen LogP contribution in [0.25, 0.3) is 0 Å². The van der Waals surface area contributed by atoms with Gasteiger partial charge in [-0.15, -0.1) is 0 Å². The maximum atomic E-state index is 10.8. The number of carboxylic acids is 1. The van der Waals surface area contributed by atoms with Crippen molar-refractivity contribution in [2.75, 3.05) is 0 Å². The third-order valence-corrected chi connectivity index (χ3v) is 2.79. The molecule has 0 aliphatic heterocycles. The van der Waals surface area contributed by atoms with E-state index in [0.29, 0.717) is 24.8 Å². The van der Waals surface area contributed by atoms with Gasteiger partial charge in [0.25, 0.3) is 5.69 Å². The first-order valence-corrected chi connectivity index (χ1v) is 5.51. The quantitative estimate of drug-likeness (QED) is 0.609. The average molecular weight is 237 g/mol. The molecule has 0 spiro atoms. The van der Waals surface area contributed by atoms with Crippen LogP contribution >= 0.6 is 0 Å². The van der Waals surface area contributed by atoms with Crippen molar-refractivity contribution in [3.05, 3.63) is 39.9 Å². The van der Waals surface area contributed by atoms with E-state index in [1.165, 1.54) is 6.07 Å². The summed E-state index contributed by atoms with van der Waals surface area (Å²) in [6, 6.07) is 6.45. The standard InChI is InChI=1S/C12H15NO4/c1-2-9(12(14)15)7-8-10-5-3-4-6-11(10)13(16)17/h3-6,9H,2,7-8H2,1H3,(H,14,15). The van der Waals surface area contributed by atoms with E-state index in [-0.39, 0.29) is 5.69 Å². The molecule has 5 nitrogen and oxygen atoms in total. The highest BCUT2D eigenvalue weighted by Gasteiger charge is 2.18. The molecule has 1 N–H and O–H groups in total. The number of carbonyl (C=O) groups is 1. The number of aryl methyl sites for hydroxylation is 1. The van der Waals surface area contributed by atoms with E-state index in [4.69, 9.17) is 5.11 Å². The maximum Gasteiger partial charge on any atom is 0.306 e. The molecular formula is C12H15NO4. The molecule has 0 saturated carbocycles. The molecule has 0 amide bonds. The van der Waals surface area contributed by atoms with Crippen LogP contribution in [-0.2, 0) is 11.2 Å². The van der Waals surface area contributed by atoms with Crippen molar-refractivity contribution in [2.45, 2.75) is 26.2 Å². The molecule has 1 aromatic carbocycles. The zero-order valence-electron chi connectivity index (χ0n) is 9.63. The molecule has 0 saturated heterocycles. The first kappa shape index (κ1) is 13.2. The van der Waals surface area contributed by atoms with Crippen LogP contribution in [0.5, 0.6) is 0 Å². The van der Waals surface area contributed by atoms with Crippen molar-refractivity contribution in [1.29, 1.82) is 0 Å². The molecule has 1 rings (SSSR count). The van der Waals surface area contributed by atoms with Gasteiger partial charge in [-0.2, -0.15) is 0 Å². The fraction of sp³-hybridized carbons (Fsp3) is 0.417. The number of hydrogen-bond donors (Lipinski definition) is 1. The van der Waals surface area contributed by atoms with Crippen LogP contribution < -0.4 is 0 Å². The minimum atomic E-state index is -0.842. The first-order chi connectivity index (χ1) is 8.06. The van der Waals surface area contributed by atoms with Gasteiger partial charge in [-0.25, -0.2) is 0 Å². The Morgan fingerprint density at radius 2 is 2.12 bits per heavy atom. The minimum absolute atomic E-state index is 0.0627. The summed E-state index contributed by atoms with van der Waals surface area (Å²) in [5, 5.41) is 19.7. The van der Waals surface area contributed by atoms with Gasteiger partial charge in [0.15, 0.2) is 0 Å². The molecule has 1 aromatic rings. The molecule has 0 heterocycles. The summed E-state index contributed by atoms with van der Waals surface area (Å²) in [6.45, 7) is 1.80. The lowest BCUT2D eigenvalue weighted by molar-refractivity contribution is -0.385. The SMILES string of the molecule is CCC(CCc1ccccc1[N+](=O)[O-])C(=O)O. The number of nitro groups is 1. The molecule has 1 atom stereocenters. The molecular weight excluding hydrogens is 222 g/mol. The number of nitrogens with zero attached hydrogens (tertiary/aromatic N) is 1. The van der Waals surface area contributed by atoms with E-state index in [1.807, 2.05) is 0 Å². The number of para-hydroxylation sites is 1. The Labute approximate surface area is 99.2 Å². The Bertz CT molecular complexity index is 417. The predicted octanol–water partition coefficient (Wildman–Crippen LogP) is 2.64. The highest BCUT2D eigenvalue weighted by Crippen LogP contribution is 2.21. The lowest BCUT2D eigenvalue weighted by Crippen LogP contribution is -2.13. The molecule has 17 heavy (non-hydrogen) atoms. The molecule has 0 fully saturated rings. The summed E-state index contributed by atoms with van der Waals surface area (Å²) in [5.74, 6) is -1.28. The Morgan fingerprint density at radius 1 is 1.47 bits per heavy atom. The van der Waals surface area contributed by atoms with Gasteiger partial charge in [-0.1, -0.05) is 25.1 Å². The highest BCUT2D eigenvalue weighted by atomic mass is 16.6. The van der Waals surface area contributed by atoms with Gasteiger partial charge in [-0.05, 0) is 19.3 Å². The van der Waals surface area contributed by atoms with Crippen molar-refractivity contribution in [3.8, 4) is 0 Å². The van der Waals surface area contributed by atoms with Crippen LogP contribution in [0.1, 0.15) is 25.3 Å². The van der Waals surface area contributed by atoms with E-state index in [1.54, 1.807) is 25.1 Å². The number of aliphatic carboxylic acids is 1. The van der Waals surface area contributed by atoms with E-state index < -0.39 is 16.8 Å². The number of hydrogen-bond acceptors (Lipinski definition) is 3. The van der Waals surface area contributed by atoms with Crippen LogP contribution in [0.4, 0.5) is 5.69 Å². The number of carboxylic acid groups (broad SMARTS) is 1. The van der Waals surface area contributed by atoms with Gasteiger partial charge in [-0.3, -0.25) is 14.9 Å². The summed E-state index contributed by atoms with van der Waals surface area (Å²) in [4.78, 5) is 21.2. The fourth-order valence-electron chi connectivity index (χ4n) is 1.73. The van der Waals surface area contributed by atoms with Crippen molar-refractivity contribution in [1.82, 2.24) is 0 Å². The lowest BCUT2D eigenvalue weighted by atomic mass is 9.96. The van der Waals surface area contributed by atoms with Crippen molar-refractivity contribution >= 4 is 11.7 Å². The Hall–Kier alpha value is -1.91. The topological polar surface area (TPSA) is 80.4 Å². The van der Waals surface area contributed by atoms with Crippen molar-refractivity contribution in [2.24, 2.45) is 5.92 Å². The molecule has 5 heteroatoms. The number of rotatable bonds is 6. The fourth-order valence-corrected chi connectivity index (χ4v) is 1.73. The van der Waals surface area contributed by atoms with E-state index >= 15 is 0 Å². The highest BCUT2D eigenvalue weighted by molar-refractivity contribution is 5.69. The van der Waals surface area contributed by atoms with Crippen LogP contribution in [-0.4, -0.2) is 16.0 Å². The third-order valence-electron chi connectivity index (χ3n) is 2.79. The Kier molecular flexibility index (Phi) is 4.63. The molecule has 0 radical (unpaired) electrons. The third kappa shape index (κ3) is 3.55. The number of nitro benzene ring substituents is 1. The van der Waals surface area contributed by atoms with Crippen LogP contribution in [0.2, 0.25) is 0 Å². The van der Waals surface area contributed by atoms with Crippen LogP contribution in [0.15, 0.2) is 24.3 Å². The number of benzene rings is 1. The van der Waals surface area contributed by atoms with Gasteiger partial charge in [0.05, 0.1) is 10.8 Å². The lowest BCUT2D eigenvalue weighted by Gasteiger charge is -2.09. The normalized spacial score (nSPS) is 12.1. The zero-order valence-corrected chi connectivity index (χ0v) is 9.63. The minimum Gasteiger partial charge on any atom is -0.481 e. The van der Waals surface area contributed by atoms with Crippen LogP contribution in [0.3, 0.4) is 0 Å². The predicted molar refractivity (Wildman–Crippen MR) is 62.8 cm³/mol. The van der Waals surface area contributed by atoms with E-state index in [2.05, 4.69) is 0 Å². The van der Waals surface area contributed by atoms with E-state index in [0.717, 1.165) is 0 Å². The van der Waals surface area contributed by atoms with Gasteiger partial charge in [0.2, 0.25) is 0 Å². The molecule has 0 bridgehead atoms. The first-order valence-electron chi connectivity index (χ1n) is 5.51. The second kappa shape index (κ2) is 5.98. The Balaban J connectivity index is 2.75. The molecule has 0 aliphatic rings. The largest absolute Gasteiger partial charge is 0.481 e. The Morgan fingerprint density at radius 3 is 2.65 bits per heavy atom.